The first-order chi connectivity index (χ1) is 6.13. The molecule has 0 bridgehead atoms. The van der Waals surface area contributed by atoms with E-state index in [4.69, 9.17) is 5.73 Å². The molecule has 1 rings (SSSR count). The summed E-state index contributed by atoms with van der Waals surface area (Å²) in [6.07, 6.45) is 1.22. The highest BCUT2D eigenvalue weighted by atomic mass is 16.2. The van der Waals surface area contributed by atoms with E-state index in [1.54, 1.807) is 0 Å². The summed E-state index contributed by atoms with van der Waals surface area (Å²) < 4.78 is 0. The molecule has 5 heteroatoms. The molecule has 1 aliphatic rings. The monoisotopic (exact) mass is 184 g/mol. The van der Waals surface area contributed by atoms with Gasteiger partial charge in [0.15, 0.2) is 0 Å². The Balaban J connectivity index is 2.55. The van der Waals surface area contributed by atoms with Crippen LogP contribution in [0.3, 0.4) is 0 Å². The lowest BCUT2D eigenvalue weighted by atomic mass is 9.91. The molecule has 0 aromatic carbocycles. The Hall–Kier alpha value is -1.23. The molecular weight excluding hydrogens is 172 g/mol. The van der Waals surface area contributed by atoms with Gasteiger partial charge in [0.25, 0.3) is 11.7 Å². The predicted octanol–water partition coefficient (Wildman–Crippen LogP) is -1.39. The second-order valence-electron chi connectivity index (χ2n) is 3.08. The van der Waals surface area contributed by atoms with Crippen molar-refractivity contribution in [3.05, 3.63) is 0 Å². The van der Waals surface area contributed by atoms with Crippen molar-refractivity contribution >= 4 is 17.5 Å². The van der Waals surface area contributed by atoms with Crippen LogP contribution in [0.15, 0.2) is 0 Å². The van der Waals surface area contributed by atoms with Gasteiger partial charge in [0.1, 0.15) is 0 Å². The predicted molar refractivity (Wildman–Crippen MR) is 44.8 cm³/mol. The molecule has 0 spiro atoms. The van der Waals surface area contributed by atoms with Crippen molar-refractivity contribution in [3.8, 4) is 0 Å². The third kappa shape index (κ3) is 2.35. The number of rotatable bonds is 3. The largest absolute Gasteiger partial charge is 0.363 e. The Kier molecular flexibility index (Phi) is 3.13. The van der Waals surface area contributed by atoms with E-state index in [1.807, 2.05) is 0 Å². The van der Waals surface area contributed by atoms with Gasteiger partial charge in [-0.3, -0.25) is 14.4 Å². The summed E-state index contributed by atoms with van der Waals surface area (Å²) in [4.78, 5) is 32.6. The molecule has 0 unspecified atom stereocenters. The van der Waals surface area contributed by atoms with Crippen LogP contribution in [-0.2, 0) is 14.4 Å². The van der Waals surface area contributed by atoms with Gasteiger partial charge in [-0.25, -0.2) is 0 Å². The van der Waals surface area contributed by atoms with Crippen molar-refractivity contribution in [2.45, 2.75) is 12.8 Å². The smallest absolute Gasteiger partial charge is 0.293 e. The van der Waals surface area contributed by atoms with Crippen molar-refractivity contribution in [2.24, 2.45) is 11.7 Å². The Bertz CT molecular complexity index is 244. The highest BCUT2D eigenvalue weighted by molar-refractivity contribution is 6.63. The number of ketones is 2. The Morgan fingerprint density at radius 1 is 1.15 bits per heavy atom. The van der Waals surface area contributed by atoms with Gasteiger partial charge in [0.2, 0.25) is 5.78 Å². The van der Waals surface area contributed by atoms with Crippen LogP contribution in [0.2, 0.25) is 0 Å². The lowest BCUT2D eigenvalue weighted by Gasteiger charge is -2.19. The molecule has 1 amide bonds. The van der Waals surface area contributed by atoms with E-state index < -0.39 is 17.5 Å². The van der Waals surface area contributed by atoms with E-state index in [1.165, 1.54) is 0 Å². The Morgan fingerprint density at radius 2 is 1.69 bits per heavy atom. The second kappa shape index (κ2) is 4.13. The number of hydrogen-bond donors (Lipinski definition) is 2. The molecule has 0 aromatic rings. The van der Waals surface area contributed by atoms with Crippen LogP contribution in [0.25, 0.3) is 0 Å². The fraction of sp³-hybridized carbons (Fsp3) is 0.625. The molecule has 72 valence electrons. The van der Waals surface area contributed by atoms with Crippen LogP contribution in [0.1, 0.15) is 12.8 Å². The van der Waals surface area contributed by atoms with Crippen molar-refractivity contribution in [1.29, 1.82) is 0 Å². The SMILES string of the molecule is NC(=O)C(=O)C(=O)C1CCNCC1. The number of hydrogen-bond acceptors (Lipinski definition) is 4. The van der Waals surface area contributed by atoms with E-state index in [0.717, 1.165) is 0 Å². The van der Waals surface area contributed by atoms with Gasteiger partial charge in [-0.15, -0.1) is 0 Å². The standard InChI is InChI=1S/C8H12N2O3/c9-8(13)7(12)6(11)5-1-3-10-4-2-5/h5,10H,1-4H2,(H2,9,13). The van der Waals surface area contributed by atoms with Crippen LogP contribution in [0.5, 0.6) is 0 Å². The minimum absolute atomic E-state index is 0.318. The number of piperidine rings is 1. The molecule has 1 aliphatic heterocycles. The Morgan fingerprint density at radius 3 is 2.15 bits per heavy atom. The van der Waals surface area contributed by atoms with Gasteiger partial charge >= 0.3 is 0 Å². The summed E-state index contributed by atoms with van der Waals surface area (Å²) >= 11 is 0. The number of amides is 1. The number of carbonyl (C=O) groups is 3. The molecule has 0 radical (unpaired) electrons. The lowest BCUT2D eigenvalue weighted by Crippen LogP contribution is -2.39. The van der Waals surface area contributed by atoms with Gasteiger partial charge in [-0.2, -0.15) is 0 Å². The number of carbonyl (C=O) groups excluding carboxylic acids is 3. The highest BCUT2D eigenvalue weighted by Gasteiger charge is 2.29. The maximum atomic E-state index is 11.3. The maximum Gasteiger partial charge on any atom is 0.293 e. The average molecular weight is 184 g/mol. The summed E-state index contributed by atoms with van der Waals surface area (Å²) in [5, 5.41) is 3.06. The van der Waals surface area contributed by atoms with Crippen LogP contribution in [-0.4, -0.2) is 30.6 Å². The molecule has 13 heavy (non-hydrogen) atoms. The summed E-state index contributed by atoms with van der Waals surface area (Å²) in [6.45, 7) is 1.42. The number of Topliss-reactive ketones (excluding diaryl/α,β-unsaturated/α-hetero) is 2. The number of nitrogens with one attached hydrogen (secondary N) is 1. The molecule has 1 saturated heterocycles. The summed E-state index contributed by atoms with van der Waals surface area (Å²) in [7, 11) is 0. The lowest BCUT2D eigenvalue weighted by molar-refractivity contribution is -0.145. The zero-order chi connectivity index (χ0) is 9.84. The third-order valence-electron chi connectivity index (χ3n) is 2.16. The van der Waals surface area contributed by atoms with E-state index in [0.29, 0.717) is 25.9 Å². The second-order valence-corrected chi connectivity index (χ2v) is 3.08. The van der Waals surface area contributed by atoms with Gasteiger partial charge in [0.05, 0.1) is 0 Å². The molecule has 0 aromatic heterocycles. The zero-order valence-corrected chi connectivity index (χ0v) is 7.21. The molecule has 1 fully saturated rings. The van der Waals surface area contributed by atoms with Crippen LogP contribution < -0.4 is 11.1 Å². The van der Waals surface area contributed by atoms with Crippen LogP contribution >= 0.6 is 0 Å². The van der Waals surface area contributed by atoms with Crippen LogP contribution in [0, 0.1) is 5.92 Å². The maximum absolute atomic E-state index is 11.3. The highest BCUT2D eigenvalue weighted by Crippen LogP contribution is 2.12. The fourth-order valence-corrected chi connectivity index (χ4v) is 1.39. The molecule has 3 N–H and O–H groups in total. The van der Waals surface area contributed by atoms with Gasteiger partial charge in [0, 0.05) is 5.92 Å². The first-order valence-electron chi connectivity index (χ1n) is 4.21. The molecule has 0 saturated carbocycles. The zero-order valence-electron chi connectivity index (χ0n) is 7.21. The first kappa shape index (κ1) is 9.85. The quantitative estimate of drug-likeness (QED) is 0.417. The Labute approximate surface area is 75.7 Å². The average Bonchev–Trinajstić information content (AvgIpc) is 2.17. The van der Waals surface area contributed by atoms with Crippen molar-refractivity contribution in [3.63, 3.8) is 0 Å². The van der Waals surface area contributed by atoms with Gasteiger partial charge in [-0.05, 0) is 25.9 Å². The van der Waals surface area contributed by atoms with E-state index in [2.05, 4.69) is 5.32 Å². The van der Waals surface area contributed by atoms with Crippen LogP contribution in [0.4, 0.5) is 0 Å². The third-order valence-corrected chi connectivity index (χ3v) is 2.16. The molecule has 5 nitrogen and oxygen atoms in total. The van der Waals surface area contributed by atoms with E-state index >= 15 is 0 Å². The molecule has 0 atom stereocenters. The van der Waals surface area contributed by atoms with Crippen molar-refractivity contribution < 1.29 is 14.4 Å². The molecular formula is C8H12N2O3. The minimum Gasteiger partial charge on any atom is -0.363 e. The van der Waals surface area contributed by atoms with Crippen molar-refractivity contribution in [1.82, 2.24) is 5.32 Å². The van der Waals surface area contributed by atoms with Crippen molar-refractivity contribution in [2.75, 3.05) is 13.1 Å². The topological polar surface area (TPSA) is 89.3 Å². The fourth-order valence-electron chi connectivity index (χ4n) is 1.39. The molecule has 0 aliphatic carbocycles. The number of primary amides is 1. The van der Waals surface area contributed by atoms with E-state index in [9.17, 15) is 14.4 Å². The summed E-state index contributed by atoms with van der Waals surface area (Å²) in [6, 6.07) is 0. The summed E-state index contributed by atoms with van der Waals surface area (Å²) in [5.41, 5.74) is 4.72. The molecule has 1 heterocycles. The van der Waals surface area contributed by atoms with Gasteiger partial charge < -0.3 is 11.1 Å². The first-order valence-corrected chi connectivity index (χ1v) is 4.21. The van der Waals surface area contributed by atoms with E-state index in [-0.39, 0.29) is 5.92 Å². The van der Waals surface area contributed by atoms with Gasteiger partial charge in [-0.1, -0.05) is 0 Å². The summed E-state index contributed by atoms with van der Waals surface area (Å²) in [5.74, 6) is -3.16. The minimum atomic E-state index is -1.15. The normalized spacial score (nSPS) is 18.2. The number of nitrogens with two attached hydrogens (primary N) is 1.